The Labute approximate surface area is 303 Å². The smallest absolute Gasteiger partial charge is 0.0857 e. The molecule has 242 valence electrons. The molecule has 0 bridgehead atoms. The number of alkyl halides is 1. The molecule has 0 aliphatic heterocycles. The summed E-state index contributed by atoms with van der Waals surface area (Å²) in [6.45, 7) is 7.29. The van der Waals surface area contributed by atoms with E-state index in [1.54, 1.807) is 0 Å². The predicted molar refractivity (Wildman–Crippen MR) is 226 cm³/mol. The number of hydrogen-bond acceptors (Lipinski definition) is 0. The monoisotopic (exact) mass is 776 g/mol. The van der Waals surface area contributed by atoms with Gasteiger partial charge < -0.3 is 0 Å². The second kappa shape index (κ2) is 16.1. The predicted octanol–water partition coefficient (Wildman–Crippen LogP) is 10.0. The van der Waals surface area contributed by atoms with Gasteiger partial charge in [0.1, 0.15) is 46.4 Å². The summed E-state index contributed by atoms with van der Waals surface area (Å²) in [5.74, 6) is 1.05. The molecule has 3 heteroatoms. The summed E-state index contributed by atoms with van der Waals surface area (Å²) in [7, 11) is -3.47. The van der Waals surface area contributed by atoms with Crippen molar-refractivity contribution in [2.45, 2.75) is 38.0 Å². The van der Waals surface area contributed by atoms with E-state index in [0.717, 1.165) is 4.43 Å². The average Bonchev–Trinajstić information content (AvgIpc) is 3.17. The van der Waals surface area contributed by atoms with Gasteiger partial charge in [-0.05, 0) is 109 Å². The molecule has 0 saturated carbocycles. The molecule has 48 heavy (non-hydrogen) atoms. The molecule has 0 saturated heterocycles. The lowest BCUT2D eigenvalue weighted by Gasteiger charge is -2.26. The van der Waals surface area contributed by atoms with Crippen LogP contribution in [0.3, 0.4) is 0 Å². The fraction of sp³-hybridized carbons (Fsp3) is 0.200. The number of rotatable bonds is 13. The Morgan fingerprint density at radius 1 is 0.417 bits per heavy atom. The normalized spacial score (nSPS) is 13.2. The van der Waals surface area contributed by atoms with Crippen LogP contribution in [-0.4, -0.2) is 17.8 Å². The third kappa shape index (κ3) is 7.26. The van der Waals surface area contributed by atoms with Gasteiger partial charge in [0.15, 0.2) is 0 Å². The van der Waals surface area contributed by atoms with Gasteiger partial charge in [-0.1, -0.05) is 133 Å². The zero-order valence-electron chi connectivity index (χ0n) is 28.4. The van der Waals surface area contributed by atoms with Crippen LogP contribution in [0.1, 0.15) is 49.1 Å². The average molecular weight is 777 g/mol. The Hall–Kier alpha value is -3.09. The minimum absolute atomic E-state index is 0.514. The van der Waals surface area contributed by atoms with E-state index in [-0.39, 0.29) is 0 Å². The minimum Gasteiger partial charge on any atom is -0.0857 e. The van der Waals surface area contributed by atoms with Crippen LogP contribution >= 0.6 is 37.1 Å². The van der Waals surface area contributed by atoms with Crippen LogP contribution in [0.15, 0.2) is 170 Å². The third-order valence-electron chi connectivity index (χ3n) is 10.2. The SMILES string of the molecule is CCCC(CC(CI)c1ccc([P+](C)(c2ccccc2)c2ccccc2)cc1)c1ccc([P+](C)(c2ccccc2)c2ccccc2)cc1. The fourth-order valence-corrected chi connectivity index (χ4v) is 14.5. The van der Waals surface area contributed by atoms with Crippen molar-refractivity contribution < 1.29 is 0 Å². The van der Waals surface area contributed by atoms with E-state index in [4.69, 9.17) is 0 Å². The highest BCUT2D eigenvalue weighted by Crippen LogP contribution is 2.52. The summed E-state index contributed by atoms with van der Waals surface area (Å²) < 4.78 is 1.12. The van der Waals surface area contributed by atoms with Gasteiger partial charge in [0, 0.05) is 4.43 Å². The molecule has 0 radical (unpaired) electrons. The Bertz CT molecular complexity index is 1760. The zero-order chi connectivity index (χ0) is 33.4. The lowest BCUT2D eigenvalue weighted by atomic mass is 9.84. The van der Waals surface area contributed by atoms with Crippen LogP contribution in [0.2, 0.25) is 0 Å². The van der Waals surface area contributed by atoms with Crippen LogP contribution in [0.5, 0.6) is 0 Å². The summed E-state index contributed by atoms with van der Waals surface area (Å²) in [6, 6.07) is 64.0. The molecule has 0 aliphatic rings. The van der Waals surface area contributed by atoms with Crippen molar-refractivity contribution >= 4 is 68.9 Å². The molecule has 6 aromatic carbocycles. The lowest BCUT2D eigenvalue weighted by Crippen LogP contribution is -2.30. The topological polar surface area (TPSA) is 0 Å². The van der Waals surface area contributed by atoms with Crippen molar-refractivity contribution in [3.8, 4) is 0 Å². The van der Waals surface area contributed by atoms with Gasteiger partial charge in [-0.2, -0.15) is 0 Å². The summed E-state index contributed by atoms with van der Waals surface area (Å²) in [4.78, 5) is 0. The van der Waals surface area contributed by atoms with Gasteiger partial charge in [0.25, 0.3) is 0 Å². The van der Waals surface area contributed by atoms with Crippen molar-refractivity contribution in [1.82, 2.24) is 0 Å². The molecule has 0 nitrogen and oxygen atoms in total. The Morgan fingerprint density at radius 3 is 1.00 bits per heavy atom. The van der Waals surface area contributed by atoms with Crippen LogP contribution in [-0.2, 0) is 0 Å². The van der Waals surface area contributed by atoms with Crippen molar-refractivity contribution in [3.05, 3.63) is 181 Å². The maximum Gasteiger partial charge on any atom is 0.109 e. The maximum absolute atomic E-state index is 2.62. The van der Waals surface area contributed by atoms with E-state index in [2.05, 4.69) is 213 Å². The van der Waals surface area contributed by atoms with Crippen LogP contribution in [0.4, 0.5) is 0 Å². The van der Waals surface area contributed by atoms with E-state index >= 15 is 0 Å². The largest absolute Gasteiger partial charge is 0.109 e. The number of halogens is 1. The van der Waals surface area contributed by atoms with E-state index < -0.39 is 14.5 Å². The Morgan fingerprint density at radius 2 is 0.708 bits per heavy atom. The zero-order valence-corrected chi connectivity index (χ0v) is 32.4. The summed E-state index contributed by atoms with van der Waals surface area (Å²) in [5, 5.41) is 8.61. The second-order valence-electron chi connectivity index (χ2n) is 13.1. The lowest BCUT2D eigenvalue weighted by molar-refractivity contribution is 0.526. The summed E-state index contributed by atoms with van der Waals surface area (Å²) in [6.07, 6.45) is 3.57. The van der Waals surface area contributed by atoms with Gasteiger partial charge in [0.2, 0.25) is 0 Å². The standard InChI is InChI=1S/C45H47IP2/c1-4-17-38(36-26-30-44(31-27-36)47(2,40-18-9-5-10-19-40)41-20-11-6-12-21-41)34-39(35-46)37-28-32-45(33-29-37)48(3,42-22-13-7-14-23-42)43-24-15-8-16-25-43/h5-16,18-33,38-39H,4,17,34-35H2,1-3H3/q+2. The van der Waals surface area contributed by atoms with Gasteiger partial charge >= 0.3 is 0 Å². The first-order valence-electron chi connectivity index (χ1n) is 17.2. The van der Waals surface area contributed by atoms with Crippen molar-refractivity contribution in [2.24, 2.45) is 0 Å². The van der Waals surface area contributed by atoms with Crippen LogP contribution in [0.25, 0.3) is 0 Å². The molecular formula is C45H47IP2+2. The molecule has 0 heterocycles. The molecule has 6 aromatic rings. The first kappa shape index (κ1) is 34.8. The van der Waals surface area contributed by atoms with Crippen molar-refractivity contribution in [1.29, 1.82) is 0 Å². The Balaban J connectivity index is 1.27. The molecule has 0 amide bonds. The van der Waals surface area contributed by atoms with Gasteiger partial charge in [-0.15, -0.1) is 0 Å². The number of hydrogen-bond donors (Lipinski definition) is 0. The van der Waals surface area contributed by atoms with Gasteiger partial charge in [-0.3, -0.25) is 0 Å². The van der Waals surface area contributed by atoms with Crippen LogP contribution < -0.4 is 31.8 Å². The van der Waals surface area contributed by atoms with E-state index in [1.807, 2.05) is 0 Å². The van der Waals surface area contributed by atoms with Gasteiger partial charge in [0.05, 0.1) is 13.3 Å². The van der Waals surface area contributed by atoms with Crippen molar-refractivity contribution in [3.63, 3.8) is 0 Å². The molecule has 0 N–H and O–H groups in total. The molecule has 0 aromatic heterocycles. The van der Waals surface area contributed by atoms with E-state index in [0.29, 0.717) is 11.8 Å². The highest BCUT2D eigenvalue weighted by molar-refractivity contribution is 14.1. The van der Waals surface area contributed by atoms with E-state index in [1.165, 1.54) is 62.2 Å². The third-order valence-corrected chi connectivity index (χ3v) is 19.3. The number of benzene rings is 6. The highest BCUT2D eigenvalue weighted by atomic mass is 127. The highest BCUT2D eigenvalue weighted by Gasteiger charge is 2.41. The van der Waals surface area contributed by atoms with Crippen LogP contribution in [0, 0.1) is 0 Å². The molecular weight excluding hydrogens is 729 g/mol. The summed E-state index contributed by atoms with van der Waals surface area (Å²) in [5.41, 5.74) is 2.94. The first-order chi connectivity index (χ1) is 23.5. The molecule has 0 fully saturated rings. The maximum atomic E-state index is 2.62. The molecule has 0 spiro atoms. The van der Waals surface area contributed by atoms with Gasteiger partial charge in [-0.25, -0.2) is 0 Å². The minimum atomic E-state index is -1.73. The Kier molecular flexibility index (Phi) is 11.6. The first-order valence-corrected chi connectivity index (χ1v) is 23.2. The second-order valence-corrected chi connectivity index (χ2v) is 21.1. The fourth-order valence-electron chi connectivity index (χ4n) is 7.29. The van der Waals surface area contributed by atoms with Crippen molar-refractivity contribution in [2.75, 3.05) is 17.8 Å². The molecule has 2 atom stereocenters. The van der Waals surface area contributed by atoms with E-state index in [9.17, 15) is 0 Å². The quantitative estimate of drug-likeness (QED) is 0.0623. The molecule has 2 unspecified atom stereocenters. The molecule has 6 rings (SSSR count). The summed E-state index contributed by atoms with van der Waals surface area (Å²) >= 11 is 2.62. The molecule has 0 aliphatic carbocycles.